The average Bonchev–Trinajstić information content (AvgIpc) is 2.31. The van der Waals surface area contributed by atoms with Crippen LogP contribution < -0.4 is 11.1 Å². The lowest BCUT2D eigenvalue weighted by molar-refractivity contribution is -0.000827. The van der Waals surface area contributed by atoms with Crippen molar-refractivity contribution < 1.29 is 5.11 Å². The summed E-state index contributed by atoms with van der Waals surface area (Å²) in [6.07, 6.45) is 4.07. The predicted octanol–water partition coefficient (Wildman–Crippen LogP) is 2.33. The number of aryl methyl sites for hydroxylation is 1. The van der Waals surface area contributed by atoms with Gasteiger partial charge in [-0.1, -0.05) is 19.8 Å². The van der Waals surface area contributed by atoms with Crippen molar-refractivity contribution in [1.29, 1.82) is 0 Å². The molecule has 1 aliphatic rings. The van der Waals surface area contributed by atoms with E-state index in [4.69, 9.17) is 5.73 Å². The summed E-state index contributed by atoms with van der Waals surface area (Å²) in [7, 11) is 0. The summed E-state index contributed by atoms with van der Waals surface area (Å²) in [6.45, 7) is 4.65. The van der Waals surface area contributed by atoms with Crippen molar-refractivity contribution in [1.82, 2.24) is 4.98 Å². The third-order valence-corrected chi connectivity index (χ3v) is 3.79. The SMILES string of the molecule is Cc1nc(NCC2(O)CCCC(C)C2)ccc1N. The third kappa shape index (κ3) is 3.13. The molecule has 0 saturated heterocycles. The quantitative estimate of drug-likeness (QED) is 0.769. The molecular formula is C14H23N3O. The Hall–Kier alpha value is -1.29. The standard InChI is InChI=1S/C14H23N3O/c1-10-4-3-7-14(18,8-10)9-16-13-6-5-12(15)11(2)17-13/h5-6,10,18H,3-4,7-9,15H2,1-2H3,(H,16,17). The second kappa shape index (κ2) is 5.14. The number of aromatic nitrogens is 1. The van der Waals surface area contributed by atoms with E-state index < -0.39 is 5.60 Å². The van der Waals surface area contributed by atoms with Crippen LogP contribution in [0.4, 0.5) is 11.5 Å². The van der Waals surface area contributed by atoms with E-state index in [0.29, 0.717) is 18.2 Å². The Morgan fingerprint density at radius 3 is 3.00 bits per heavy atom. The molecule has 1 saturated carbocycles. The van der Waals surface area contributed by atoms with Gasteiger partial charge in [-0.25, -0.2) is 4.98 Å². The van der Waals surface area contributed by atoms with Crippen molar-refractivity contribution in [3.8, 4) is 0 Å². The summed E-state index contributed by atoms with van der Waals surface area (Å²) in [5.41, 5.74) is 6.67. The summed E-state index contributed by atoms with van der Waals surface area (Å²) in [6, 6.07) is 3.70. The van der Waals surface area contributed by atoms with Gasteiger partial charge in [-0.2, -0.15) is 0 Å². The van der Waals surface area contributed by atoms with Gasteiger partial charge in [0.2, 0.25) is 0 Å². The van der Waals surface area contributed by atoms with Crippen LogP contribution in [0.15, 0.2) is 12.1 Å². The van der Waals surface area contributed by atoms with Crippen LogP contribution in [0, 0.1) is 12.8 Å². The van der Waals surface area contributed by atoms with Gasteiger partial charge in [0.1, 0.15) is 5.82 Å². The molecule has 2 atom stereocenters. The van der Waals surface area contributed by atoms with Gasteiger partial charge in [0, 0.05) is 6.54 Å². The smallest absolute Gasteiger partial charge is 0.126 e. The van der Waals surface area contributed by atoms with Crippen LogP contribution in [0.1, 0.15) is 38.3 Å². The number of aliphatic hydroxyl groups is 1. The van der Waals surface area contributed by atoms with Crippen LogP contribution in [-0.4, -0.2) is 22.2 Å². The molecule has 4 N–H and O–H groups in total. The highest BCUT2D eigenvalue weighted by molar-refractivity contribution is 5.49. The van der Waals surface area contributed by atoms with E-state index in [0.717, 1.165) is 30.8 Å². The molecule has 2 unspecified atom stereocenters. The molecule has 2 rings (SSSR count). The number of anilines is 2. The first-order valence-electron chi connectivity index (χ1n) is 6.68. The van der Waals surface area contributed by atoms with Gasteiger partial charge in [0.15, 0.2) is 0 Å². The number of nitrogens with zero attached hydrogens (tertiary/aromatic N) is 1. The minimum absolute atomic E-state index is 0.563. The number of nitrogens with one attached hydrogen (secondary N) is 1. The zero-order valence-electron chi connectivity index (χ0n) is 11.2. The van der Waals surface area contributed by atoms with Gasteiger partial charge in [-0.3, -0.25) is 0 Å². The molecule has 4 nitrogen and oxygen atoms in total. The third-order valence-electron chi connectivity index (χ3n) is 3.79. The normalized spacial score (nSPS) is 28.1. The molecule has 0 radical (unpaired) electrons. The molecule has 0 aliphatic heterocycles. The number of nitrogen functional groups attached to an aromatic ring is 1. The summed E-state index contributed by atoms with van der Waals surface area (Å²) >= 11 is 0. The molecule has 1 aromatic heterocycles. The van der Waals surface area contributed by atoms with Crippen molar-refractivity contribution in [2.45, 2.75) is 45.1 Å². The fourth-order valence-electron chi connectivity index (χ4n) is 2.72. The zero-order chi connectivity index (χ0) is 13.2. The van der Waals surface area contributed by atoms with Crippen molar-refractivity contribution in [2.24, 2.45) is 5.92 Å². The Kier molecular flexibility index (Phi) is 3.76. The number of hydrogen-bond acceptors (Lipinski definition) is 4. The fraction of sp³-hybridized carbons (Fsp3) is 0.643. The molecule has 1 heterocycles. The lowest BCUT2D eigenvalue weighted by Gasteiger charge is -2.35. The van der Waals surface area contributed by atoms with Gasteiger partial charge < -0.3 is 16.2 Å². The van der Waals surface area contributed by atoms with Crippen molar-refractivity contribution >= 4 is 11.5 Å². The van der Waals surface area contributed by atoms with Gasteiger partial charge in [-0.15, -0.1) is 0 Å². The maximum absolute atomic E-state index is 10.5. The number of nitrogens with two attached hydrogens (primary N) is 1. The van der Waals surface area contributed by atoms with E-state index in [1.807, 2.05) is 19.1 Å². The van der Waals surface area contributed by atoms with E-state index in [2.05, 4.69) is 17.2 Å². The molecule has 18 heavy (non-hydrogen) atoms. The summed E-state index contributed by atoms with van der Waals surface area (Å²) in [5.74, 6) is 1.39. The van der Waals surface area contributed by atoms with Gasteiger partial charge in [0.25, 0.3) is 0 Å². The summed E-state index contributed by atoms with van der Waals surface area (Å²) < 4.78 is 0. The van der Waals surface area contributed by atoms with Gasteiger partial charge in [0.05, 0.1) is 17.0 Å². The Morgan fingerprint density at radius 1 is 1.56 bits per heavy atom. The Labute approximate surface area is 109 Å². The van der Waals surface area contributed by atoms with E-state index in [-0.39, 0.29) is 0 Å². The van der Waals surface area contributed by atoms with E-state index in [1.165, 1.54) is 6.42 Å². The Morgan fingerprint density at radius 2 is 2.33 bits per heavy atom. The Bertz CT molecular complexity index is 422. The molecule has 4 heteroatoms. The van der Waals surface area contributed by atoms with E-state index >= 15 is 0 Å². The van der Waals surface area contributed by atoms with Crippen LogP contribution in [-0.2, 0) is 0 Å². The van der Waals surface area contributed by atoms with Gasteiger partial charge in [-0.05, 0) is 37.8 Å². The molecule has 100 valence electrons. The lowest BCUT2D eigenvalue weighted by Crippen LogP contribution is -2.41. The predicted molar refractivity (Wildman–Crippen MR) is 74.5 cm³/mol. The molecule has 1 aromatic rings. The fourth-order valence-corrected chi connectivity index (χ4v) is 2.72. The maximum Gasteiger partial charge on any atom is 0.126 e. The van der Waals surface area contributed by atoms with Crippen molar-refractivity contribution in [3.05, 3.63) is 17.8 Å². The van der Waals surface area contributed by atoms with Crippen molar-refractivity contribution in [3.63, 3.8) is 0 Å². The van der Waals surface area contributed by atoms with Crippen LogP contribution >= 0.6 is 0 Å². The highest BCUT2D eigenvalue weighted by Gasteiger charge is 2.32. The van der Waals surface area contributed by atoms with Crippen LogP contribution in [0.25, 0.3) is 0 Å². The maximum atomic E-state index is 10.5. The van der Waals surface area contributed by atoms with Gasteiger partial charge >= 0.3 is 0 Å². The first-order chi connectivity index (χ1) is 8.48. The molecular weight excluding hydrogens is 226 g/mol. The van der Waals surface area contributed by atoms with Crippen LogP contribution in [0.5, 0.6) is 0 Å². The first kappa shape index (κ1) is 13.1. The molecule has 0 aromatic carbocycles. The average molecular weight is 249 g/mol. The number of rotatable bonds is 3. The highest BCUT2D eigenvalue weighted by atomic mass is 16.3. The zero-order valence-corrected chi connectivity index (χ0v) is 11.2. The summed E-state index contributed by atoms with van der Waals surface area (Å²) in [4.78, 5) is 4.36. The molecule has 1 fully saturated rings. The Balaban J connectivity index is 1.96. The molecule has 0 spiro atoms. The van der Waals surface area contributed by atoms with Crippen molar-refractivity contribution in [2.75, 3.05) is 17.6 Å². The topological polar surface area (TPSA) is 71.2 Å². The monoisotopic (exact) mass is 249 g/mol. The minimum atomic E-state index is -0.589. The first-order valence-corrected chi connectivity index (χ1v) is 6.68. The largest absolute Gasteiger partial charge is 0.397 e. The number of hydrogen-bond donors (Lipinski definition) is 3. The lowest BCUT2D eigenvalue weighted by atomic mass is 9.79. The molecule has 0 amide bonds. The molecule has 1 aliphatic carbocycles. The second-order valence-electron chi connectivity index (χ2n) is 5.65. The second-order valence-corrected chi connectivity index (χ2v) is 5.65. The van der Waals surface area contributed by atoms with E-state index in [1.54, 1.807) is 0 Å². The van der Waals surface area contributed by atoms with Crippen LogP contribution in [0.2, 0.25) is 0 Å². The van der Waals surface area contributed by atoms with Crippen LogP contribution in [0.3, 0.4) is 0 Å². The highest BCUT2D eigenvalue weighted by Crippen LogP contribution is 2.32. The molecule has 0 bridgehead atoms. The van der Waals surface area contributed by atoms with E-state index in [9.17, 15) is 5.11 Å². The summed E-state index contributed by atoms with van der Waals surface area (Å²) in [5, 5.41) is 13.7. The minimum Gasteiger partial charge on any atom is -0.397 e. The number of pyridine rings is 1.